The summed E-state index contributed by atoms with van der Waals surface area (Å²) in [7, 11) is 0. The van der Waals surface area contributed by atoms with E-state index in [0.717, 1.165) is 44.3 Å². The van der Waals surface area contributed by atoms with Gasteiger partial charge in [-0.2, -0.15) is 24.5 Å². The summed E-state index contributed by atoms with van der Waals surface area (Å²) < 4.78 is 37.2. The molecule has 0 unspecified atom stereocenters. The number of thiophene rings is 1. The van der Waals surface area contributed by atoms with Crippen LogP contribution < -0.4 is 4.90 Å². The number of ether oxygens (including phenoxy) is 1. The molecule has 3 aliphatic rings. The van der Waals surface area contributed by atoms with Crippen LogP contribution in [0.5, 0.6) is 0 Å². The number of alkyl halides is 3. The van der Waals surface area contributed by atoms with E-state index in [1.807, 2.05) is 0 Å². The molecule has 0 spiro atoms. The standard InChI is InChI=1S/C16H22N2O2S.C2HF3O2/c19-16-9-15-14(18(16)13-4-8-21-11-13)1-5-17(15)10-12-2-6-20-7-3-12;3-2(4,5)1(6)7/h4,8,11-12,14-15H,1-3,5-7,9-10H2;(H,6,7)/t14-,15+;/m0./s1. The third-order valence-corrected chi connectivity index (χ3v) is 6.14. The molecular weight excluding hydrogens is 397 g/mol. The Bertz CT molecular complexity index is 677. The van der Waals surface area contributed by atoms with Gasteiger partial charge in [-0.05, 0) is 36.6 Å². The number of hydrogen-bond acceptors (Lipinski definition) is 5. The van der Waals surface area contributed by atoms with E-state index in [4.69, 9.17) is 14.6 Å². The third-order valence-electron chi connectivity index (χ3n) is 5.47. The van der Waals surface area contributed by atoms with Crippen LogP contribution in [0.4, 0.5) is 18.9 Å². The summed E-state index contributed by atoms with van der Waals surface area (Å²) >= 11 is 1.67. The van der Waals surface area contributed by atoms with E-state index in [2.05, 4.69) is 26.6 Å². The van der Waals surface area contributed by atoms with E-state index in [0.29, 0.717) is 24.4 Å². The molecule has 0 aliphatic carbocycles. The zero-order valence-corrected chi connectivity index (χ0v) is 16.0. The first-order chi connectivity index (χ1) is 13.3. The number of rotatable bonds is 3. The second kappa shape index (κ2) is 8.79. The summed E-state index contributed by atoms with van der Waals surface area (Å²) in [4.78, 5) is 25.9. The van der Waals surface area contributed by atoms with Crippen molar-refractivity contribution in [3.8, 4) is 0 Å². The Balaban J connectivity index is 0.000000279. The molecule has 1 N–H and O–H groups in total. The predicted octanol–water partition coefficient (Wildman–Crippen LogP) is 2.99. The first-order valence-electron chi connectivity index (χ1n) is 9.23. The van der Waals surface area contributed by atoms with E-state index in [-0.39, 0.29) is 0 Å². The van der Waals surface area contributed by atoms with Crippen LogP contribution in [0.15, 0.2) is 16.8 Å². The third kappa shape index (κ3) is 4.84. The number of aliphatic carboxylic acids is 1. The van der Waals surface area contributed by atoms with E-state index >= 15 is 0 Å². The van der Waals surface area contributed by atoms with Crippen LogP contribution in [-0.2, 0) is 14.3 Å². The highest BCUT2D eigenvalue weighted by atomic mass is 32.1. The molecule has 4 rings (SSSR count). The van der Waals surface area contributed by atoms with Crippen LogP contribution in [-0.4, -0.2) is 66.4 Å². The molecule has 2 atom stereocenters. The summed E-state index contributed by atoms with van der Waals surface area (Å²) in [6, 6.07) is 2.90. The van der Waals surface area contributed by atoms with Gasteiger partial charge in [-0.1, -0.05) is 0 Å². The second-order valence-corrected chi connectivity index (χ2v) is 8.01. The van der Waals surface area contributed by atoms with Crippen molar-refractivity contribution >= 4 is 28.9 Å². The molecule has 3 aliphatic heterocycles. The molecule has 0 saturated carbocycles. The maximum atomic E-state index is 12.4. The molecule has 1 aromatic heterocycles. The lowest BCUT2D eigenvalue weighted by molar-refractivity contribution is -0.192. The summed E-state index contributed by atoms with van der Waals surface area (Å²) in [6.07, 6.45) is -0.911. The zero-order valence-electron chi connectivity index (χ0n) is 15.2. The number of likely N-dealkylation sites (tertiary alicyclic amines) is 1. The highest BCUT2D eigenvalue weighted by Gasteiger charge is 2.47. The number of amides is 1. The lowest BCUT2D eigenvalue weighted by Gasteiger charge is -2.30. The summed E-state index contributed by atoms with van der Waals surface area (Å²) in [6.45, 7) is 4.11. The number of fused-ring (bicyclic) bond motifs is 1. The average molecular weight is 420 g/mol. The highest BCUT2D eigenvalue weighted by molar-refractivity contribution is 7.08. The van der Waals surface area contributed by atoms with Crippen molar-refractivity contribution in [2.24, 2.45) is 5.92 Å². The van der Waals surface area contributed by atoms with Crippen LogP contribution in [0.25, 0.3) is 0 Å². The second-order valence-electron chi connectivity index (χ2n) is 7.23. The van der Waals surface area contributed by atoms with Gasteiger partial charge in [-0.3, -0.25) is 9.69 Å². The fourth-order valence-electron chi connectivity index (χ4n) is 4.15. The largest absolute Gasteiger partial charge is 0.490 e. The van der Waals surface area contributed by atoms with Crippen molar-refractivity contribution in [3.63, 3.8) is 0 Å². The van der Waals surface area contributed by atoms with Gasteiger partial charge in [0.15, 0.2) is 0 Å². The van der Waals surface area contributed by atoms with E-state index in [1.54, 1.807) is 11.3 Å². The molecule has 1 amide bonds. The number of hydrogen-bond donors (Lipinski definition) is 1. The Morgan fingerprint density at radius 3 is 2.50 bits per heavy atom. The molecule has 3 saturated heterocycles. The SMILES string of the molecule is O=C(O)C(F)(F)F.O=C1C[C@@H]2[C@H](CCN2CC2CCOCC2)N1c1ccsc1. The molecule has 0 aromatic carbocycles. The molecule has 28 heavy (non-hydrogen) atoms. The quantitative estimate of drug-likeness (QED) is 0.814. The van der Waals surface area contributed by atoms with Crippen LogP contribution in [0.3, 0.4) is 0 Å². The Hall–Kier alpha value is -1.65. The smallest absolute Gasteiger partial charge is 0.475 e. The molecule has 0 bridgehead atoms. The van der Waals surface area contributed by atoms with E-state index in [9.17, 15) is 18.0 Å². The first kappa shape index (κ1) is 21.1. The molecular formula is C18H23F3N2O4S. The van der Waals surface area contributed by atoms with Gasteiger partial charge >= 0.3 is 12.1 Å². The van der Waals surface area contributed by atoms with Crippen molar-refractivity contribution in [1.29, 1.82) is 0 Å². The van der Waals surface area contributed by atoms with Crippen molar-refractivity contribution in [2.75, 3.05) is 31.2 Å². The molecule has 6 nitrogen and oxygen atoms in total. The monoisotopic (exact) mass is 420 g/mol. The van der Waals surface area contributed by atoms with Crippen molar-refractivity contribution in [2.45, 2.75) is 43.9 Å². The lowest BCUT2D eigenvalue weighted by atomic mass is 9.99. The van der Waals surface area contributed by atoms with E-state index in [1.165, 1.54) is 12.8 Å². The number of carboxylic acid groups (broad SMARTS) is 1. The number of nitrogens with zero attached hydrogens (tertiary/aromatic N) is 2. The predicted molar refractivity (Wildman–Crippen MR) is 97.4 cm³/mol. The first-order valence-corrected chi connectivity index (χ1v) is 10.2. The van der Waals surface area contributed by atoms with Crippen LogP contribution >= 0.6 is 11.3 Å². The normalized spacial score (nSPS) is 26.1. The summed E-state index contributed by atoms with van der Waals surface area (Å²) in [5.41, 5.74) is 1.10. The van der Waals surface area contributed by atoms with Crippen LogP contribution in [0, 0.1) is 5.92 Å². The molecule has 1 aromatic rings. The summed E-state index contributed by atoms with van der Waals surface area (Å²) in [5, 5.41) is 11.3. The Morgan fingerprint density at radius 2 is 1.93 bits per heavy atom. The fraction of sp³-hybridized carbons (Fsp3) is 0.667. The minimum Gasteiger partial charge on any atom is -0.475 e. The van der Waals surface area contributed by atoms with Gasteiger partial charge in [0.1, 0.15) is 0 Å². The number of carboxylic acids is 1. The minimum atomic E-state index is -5.08. The average Bonchev–Trinajstić information content (AvgIpc) is 3.34. The Labute approximate surface area is 164 Å². The Morgan fingerprint density at radius 1 is 1.25 bits per heavy atom. The van der Waals surface area contributed by atoms with Crippen LogP contribution in [0.2, 0.25) is 0 Å². The molecule has 4 heterocycles. The number of halogens is 3. The maximum absolute atomic E-state index is 12.4. The van der Waals surface area contributed by atoms with Crippen molar-refractivity contribution in [3.05, 3.63) is 16.8 Å². The highest BCUT2D eigenvalue weighted by Crippen LogP contribution is 2.37. The zero-order chi connectivity index (χ0) is 20.3. The van der Waals surface area contributed by atoms with Gasteiger partial charge in [-0.15, -0.1) is 0 Å². The fourth-order valence-corrected chi connectivity index (χ4v) is 4.77. The van der Waals surface area contributed by atoms with Gasteiger partial charge < -0.3 is 14.7 Å². The van der Waals surface area contributed by atoms with Gasteiger partial charge in [0.2, 0.25) is 5.91 Å². The molecule has 156 valence electrons. The topological polar surface area (TPSA) is 70.1 Å². The van der Waals surface area contributed by atoms with Crippen molar-refractivity contribution in [1.82, 2.24) is 4.90 Å². The molecule has 10 heteroatoms. The van der Waals surface area contributed by atoms with Gasteiger partial charge in [0.05, 0.1) is 11.7 Å². The minimum absolute atomic E-state index is 0.306. The number of carbonyl (C=O) groups excluding carboxylic acids is 1. The lowest BCUT2D eigenvalue weighted by Crippen LogP contribution is -2.39. The van der Waals surface area contributed by atoms with Crippen LogP contribution in [0.1, 0.15) is 25.7 Å². The Kier molecular flexibility index (Phi) is 6.61. The number of carbonyl (C=O) groups is 2. The maximum Gasteiger partial charge on any atom is 0.490 e. The molecule has 3 fully saturated rings. The number of anilines is 1. The van der Waals surface area contributed by atoms with E-state index < -0.39 is 12.1 Å². The molecule has 0 radical (unpaired) electrons. The van der Waals surface area contributed by atoms with Gasteiger partial charge in [-0.25, -0.2) is 4.79 Å². The van der Waals surface area contributed by atoms with Gasteiger partial charge in [0, 0.05) is 44.1 Å². The summed E-state index contributed by atoms with van der Waals surface area (Å²) in [5.74, 6) is -1.70. The van der Waals surface area contributed by atoms with Gasteiger partial charge in [0.25, 0.3) is 0 Å². The van der Waals surface area contributed by atoms with Crippen molar-refractivity contribution < 1.29 is 32.6 Å².